The van der Waals surface area contributed by atoms with Crippen LogP contribution in [-0.2, 0) is 5.41 Å². The third kappa shape index (κ3) is 6.15. The lowest BCUT2D eigenvalue weighted by molar-refractivity contribution is 0.0535. The van der Waals surface area contributed by atoms with E-state index in [4.69, 9.17) is 9.84 Å². The number of amides is 1. The number of anilines is 1. The van der Waals surface area contributed by atoms with E-state index in [1.165, 1.54) is 6.07 Å². The Morgan fingerprint density at radius 3 is 2.50 bits per heavy atom. The van der Waals surface area contributed by atoms with Crippen LogP contribution >= 0.6 is 11.3 Å². The van der Waals surface area contributed by atoms with Gasteiger partial charge in [0, 0.05) is 34.3 Å². The summed E-state index contributed by atoms with van der Waals surface area (Å²) in [6.07, 6.45) is 0.854. The third-order valence-electron chi connectivity index (χ3n) is 5.40. The minimum atomic E-state index is -1.03. The average molecular weight is 504 g/mol. The van der Waals surface area contributed by atoms with Crippen LogP contribution in [0.3, 0.4) is 0 Å². The summed E-state index contributed by atoms with van der Waals surface area (Å²) in [4.78, 5) is 23.7. The van der Waals surface area contributed by atoms with Gasteiger partial charge in [0.15, 0.2) is 0 Å². The maximum atomic E-state index is 13.4. The molecule has 0 saturated carbocycles. The van der Waals surface area contributed by atoms with Gasteiger partial charge in [0.1, 0.15) is 29.2 Å². The highest BCUT2D eigenvalue weighted by Gasteiger charge is 2.20. The van der Waals surface area contributed by atoms with Gasteiger partial charge in [-0.05, 0) is 17.5 Å². The van der Waals surface area contributed by atoms with Crippen LogP contribution in [0.5, 0.6) is 5.75 Å². The molecular formula is C28H29N3O4S. The number of aliphatic hydroxyl groups is 2. The number of hydrogen-bond acceptors (Lipinski definition) is 7. The molecule has 36 heavy (non-hydrogen) atoms. The molecule has 0 fully saturated rings. The number of nitrogens with zero attached hydrogens (tertiary/aromatic N) is 2. The molecule has 0 unspecified atom stereocenters. The Kier molecular flexibility index (Phi) is 7.79. The summed E-state index contributed by atoms with van der Waals surface area (Å²) in [6.45, 7) is 5.89. The number of aromatic nitrogens is 2. The molecule has 2 aromatic carbocycles. The van der Waals surface area contributed by atoms with Crippen molar-refractivity contribution in [3.63, 3.8) is 0 Å². The van der Waals surface area contributed by atoms with Crippen LogP contribution < -0.4 is 10.1 Å². The van der Waals surface area contributed by atoms with Crippen LogP contribution in [0.25, 0.3) is 21.8 Å². The maximum Gasteiger partial charge on any atom is 0.274 e. The molecule has 0 saturated heterocycles. The Morgan fingerprint density at radius 1 is 1.08 bits per heavy atom. The fourth-order valence-electron chi connectivity index (χ4n) is 3.42. The molecule has 2 heterocycles. The van der Waals surface area contributed by atoms with Crippen molar-refractivity contribution in [3.8, 4) is 27.6 Å². The van der Waals surface area contributed by atoms with E-state index < -0.39 is 18.6 Å². The summed E-state index contributed by atoms with van der Waals surface area (Å²) in [5.74, 6) is -0.0371. The van der Waals surface area contributed by atoms with Crippen LogP contribution in [0, 0.1) is 0 Å². The first-order valence-corrected chi connectivity index (χ1v) is 12.4. The van der Waals surface area contributed by atoms with Crippen LogP contribution in [-0.4, -0.2) is 45.4 Å². The monoisotopic (exact) mass is 503 g/mol. The number of benzene rings is 2. The Bertz CT molecular complexity index is 1330. The molecule has 0 bridgehead atoms. The molecule has 1 atom stereocenters. The maximum absolute atomic E-state index is 13.4. The van der Waals surface area contributed by atoms with Crippen molar-refractivity contribution in [2.45, 2.75) is 32.3 Å². The topological polar surface area (TPSA) is 105 Å². The zero-order valence-corrected chi connectivity index (χ0v) is 21.2. The number of nitrogens with one attached hydrogen (secondary N) is 1. The van der Waals surface area contributed by atoms with E-state index in [9.17, 15) is 9.90 Å². The smallest absolute Gasteiger partial charge is 0.274 e. The summed E-state index contributed by atoms with van der Waals surface area (Å²) in [5.41, 5.74) is 2.97. The lowest BCUT2D eigenvalue weighted by Gasteiger charge is -2.15. The fraction of sp³-hybridized carbons (Fsp3) is 0.250. The number of carbonyl (C=O) groups excluding carboxylic acids is 1. The first-order chi connectivity index (χ1) is 17.2. The van der Waals surface area contributed by atoms with Gasteiger partial charge in [-0.25, -0.2) is 9.97 Å². The number of para-hydroxylation sites is 1. The first-order valence-electron chi connectivity index (χ1n) is 11.6. The number of ether oxygens (including phenoxy) is 1. The quantitative estimate of drug-likeness (QED) is 0.307. The molecular weight excluding hydrogens is 474 g/mol. The molecule has 0 radical (unpaired) electrons. The Labute approximate surface area is 214 Å². The Balaban J connectivity index is 1.65. The second-order valence-electron chi connectivity index (χ2n) is 9.37. The second kappa shape index (κ2) is 11.0. The highest BCUT2D eigenvalue weighted by Crippen LogP contribution is 2.36. The standard InChI is InChI=1S/C28H29N3O4S/c1-28(2,3)25-15-29-27(36-25)21-11-7-8-12-22(21)31-26(34)24-14-20(35-17-19(33)16-32)13-23(30-24)18-9-5-4-6-10-18/h4-15,19,32-33H,16-17H2,1-3H3,(H,31,34)/t19-/m0/s1. The van der Waals surface area contributed by atoms with Crippen molar-refractivity contribution >= 4 is 22.9 Å². The number of rotatable bonds is 8. The third-order valence-corrected chi connectivity index (χ3v) is 6.86. The lowest BCUT2D eigenvalue weighted by Crippen LogP contribution is -2.21. The SMILES string of the molecule is CC(C)(C)c1cnc(-c2ccccc2NC(=O)c2cc(OC[C@@H](O)CO)cc(-c3ccccc3)n2)s1. The lowest BCUT2D eigenvalue weighted by atomic mass is 9.96. The normalized spacial score (nSPS) is 12.2. The van der Waals surface area contributed by atoms with Crippen LogP contribution in [0.15, 0.2) is 72.9 Å². The summed E-state index contributed by atoms with van der Waals surface area (Å²) >= 11 is 1.60. The second-order valence-corrected chi connectivity index (χ2v) is 10.4. The minimum absolute atomic E-state index is 0.0179. The molecule has 7 nitrogen and oxygen atoms in total. The fourth-order valence-corrected chi connectivity index (χ4v) is 4.43. The highest BCUT2D eigenvalue weighted by atomic mass is 32.1. The van der Waals surface area contributed by atoms with Crippen molar-refractivity contribution < 1.29 is 19.7 Å². The Morgan fingerprint density at radius 2 is 1.81 bits per heavy atom. The predicted molar refractivity (Wildman–Crippen MR) is 142 cm³/mol. The first kappa shape index (κ1) is 25.5. The molecule has 4 aromatic rings. The van der Waals surface area contributed by atoms with E-state index in [2.05, 4.69) is 36.1 Å². The molecule has 1 amide bonds. The van der Waals surface area contributed by atoms with Gasteiger partial charge in [0.25, 0.3) is 5.91 Å². The van der Waals surface area contributed by atoms with E-state index in [0.29, 0.717) is 17.1 Å². The number of hydrogen-bond donors (Lipinski definition) is 3. The van der Waals surface area contributed by atoms with E-state index in [1.807, 2.05) is 60.8 Å². The molecule has 186 valence electrons. The van der Waals surface area contributed by atoms with E-state index in [0.717, 1.165) is 21.0 Å². The van der Waals surface area contributed by atoms with Gasteiger partial charge in [-0.2, -0.15) is 0 Å². The summed E-state index contributed by atoms with van der Waals surface area (Å²) in [7, 11) is 0. The van der Waals surface area contributed by atoms with Gasteiger partial charge in [-0.1, -0.05) is 63.2 Å². The number of carbonyl (C=O) groups is 1. The summed E-state index contributed by atoms with van der Waals surface area (Å²) in [5, 5.41) is 22.6. The highest BCUT2D eigenvalue weighted by molar-refractivity contribution is 7.15. The van der Waals surface area contributed by atoms with Crippen molar-refractivity contribution in [1.82, 2.24) is 9.97 Å². The number of aliphatic hydroxyl groups excluding tert-OH is 2. The molecule has 0 aliphatic rings. The van der Waals surface area contributed by atoms with Crippen molar-refractivity contribution in [3.05, 3.63) is 83.5 Å². The van der Waals surface area contributed by atoms with Crippen LogP contribution in [0.4, 0.5) is 5.69 Å². The largest absolute Gasteiger partial charge is 0.491 e. The molecule has 4 rings (SSSR count). The van der Waals surface area contributed by atoms with Crippen molar-refractivity contribution in [1.29, 1.82) is 0 Å². The molecule has 0 spiro atoms. The van der Waals surface area contributed by atoms with E-state index in [-0.39, 0.29) is 17.7 Å². The Hall–Kier alpha value is -3.59. The van der Waals surface area contributed by atoms with Gasteiger partial charge in [0.05, 0.1) is 18.0 Å². The number of pyridine rings is 1. The summed E-state index contributed by atoms with van der Waals surface area (Å²) < 4.78 is 5.65. The van der Waals surface area contributed by atoms with Gasteiger partial charge in [-0.15, -0.1) is 11.3 Å². The van der Waals surface area contributed by atoms with Gasteiger partial charge in [0.2, 0.25) is 0 Å². The van der Waals surface area contributed by atoms with Gasteiger partial charge < -0.3 is 20.3 Å². The average Bonchev–Trinajstić information content (AvgIpc) is 3.39. The molecule has 0 aliphatic carbocycles. The van der Waals surface area contributed by atoms with E-state index in [1.54, 1.807) is 17.4 Å². The van der Waals surface area contributed by atoms with Gasteiger partial charge in [-0.3, -0.25) is 4.79 Å². The predicted octanol–water partition coefficient (Wildman–Crippen LogP) is 5.15. The van der Waals surface area contributed by atoms with E-state index >= 15 is 0 Å². The van der Waals surface area contributed by atoms with Crippen molar-refractivity contribution in [2.24, 2.45) is 0 Å². The minimum Gasteiger partial charge on any atom is -0.491 e. The van der Waals surface area contributed by atoms with Crippen LogP contribution in [0.2, 0.25) is 0 Å². The zero-order chi connectivity index (χ0) is 25.7. The summed E-state index contributed by atoms with van der Waals surface area (Å²) in [6, 6.07) is 20.2. The zero-order valence-electron chi connectivity index (χ0n) is 20.4. The van der Waals surface area contributed by atoms with Crippen LogP contribution in [0.1, 0.15) is 36.1 Å². The molecule has 3 N–H and O–H groups in total. The van der Waals surface area contributed by atoms with Gasteiger partial charge >= 0.3 is 0 Å². The molecule has 8 heteroatoms. The van der Waals surface area contributed by atoms with Crippen molar-refractivity contribution in [2.75, 3.05) is 18.5 Å². The number of thiazole rings is 1. The molecule has 2 aromatic heterocycles. The molecule has 0 aliphatic heterocycles.